The van der Waals surface area contributed by atoms with Gasteiger partial charge in [-0.25, -0.2) is 0 Å². The van der Waals surface area contributed by atoms with Crippen LogP contribution in [0.2, 0.25) is 0 Å². The zero-order valence-electron chi connectivity index (χ0n) is 11.1. The summed E-state index contributed by atoms with van der Waals surface area (Å²) in [6.45, 7) is 4.87. The summed E-state index contributed by atoms with van der Waals surface area (Å²) in [5.74, 6) is 0.969. The van der Waals surface area contributed by atoms with Crippen molar-refractivity contribution >= 4 is 21.4 Å². The Balaban J connectivity index is 1.83. The first-order valence-electron chi connectivity index (χ1n) is 6.40. The number of hydrogen-bond donors (Lipinski definition) is 0. The molecule has 1 heterocycles. The van der Waals surface area contributed by atoms with Crippen LogP contribution in [-0.2, 0) is 6.61 Å². The normalized spacial score (nSPS) is 10.8. The number of benzene rings is 2. The van der Waals surface area contributed by atoms with Crippen molar-refractivity contribution in [1.29, 1.82) is 0 Å². The van der Waals surface area contributed by atoms with Gasteiger partial charge in [0.2, 0.25) is 0 Å². The van der Waals surface area contributed by atoms with Crippen molar-refractivity contribution in [3.63, 3.8) is 0 Å². The van der Waals surface area contributed by atoms with Gasteiger partial charge in [-0.15, -0.1) is 11.3 Å². The van der Waals surface area contributed by atoms with E-state index in [0.717, 1.165) is 5.75 Å². The topological polar surface area (TPSA) is 9.23 Å². The maximum Gasteiger partial charge on any atom is 0.122 e. The van der Waals surface area contributed by atoms with Gasteiger partial charge in [0.1, 0.15) is 12.4 Å². The van der Waals surface area contributed by atoms with Crippen LogP contribution < -0.4 is 4.74 Å². The van der Waals surface area contributed by atoms with Crippen molar-refractivity contribution in [3.05, 3.63) is 64.5 Å². The molecule has 1 nitrogen and oxygen atoms in total. The van der Waals surface area contributed by atoms with Gasteiger partial charge in [-0.1, -0.05) is 30.3 Å². The second-order valence-electron chi connectivity index (χ2n) is 4.75. The van der Waals surface area contributed by atoms with E-state index in [1.54, 1.807) is 0 Å². The molecule has 0 saturated carbocycles. The molecule has 0 aliphatic carbocycles. The second kappa shape index (κ2) is 5.06. The van der Waals surface area contributed by atoms with Gasteiger partial charge in [0.25, 0.3) is 0 Å². The minimum Gasteiger partial charge on any atom is -0.488 e. The molecule has 3 aromatic rings. The van der Waals surface area contributed by atoms with E-state index < -0.39 is 0 Å². The molecule has 0 radical (unpaired) electrons. The van der Waals surface area contributed by atoms with Crippen LogP contribution >= 0.6 is 11.3 Å². The van der Waals surface area contributed by atoms with Gasteiger partial charge >= 0.3 is 0 Å². The minimum atomic E-state index is 0.643. The molecule has 0 saturated heterocycles. The van der Waals surface area contributed by atoms with Gasteiger partial charge in [0, 0.05) is 9.58 Å². The molecule has 96 valence electrons. The molecule has 19 heavy (non-hydrogen) atoms. The van der Waals surface area contributed by atoms with Crippen LogP contribution in [0.3, 0.4) is 0 Å². The quantitative estimate of drug-likeness (QED) is 0.642. The Morgan fingerprint density at radius 2 is 1.74 bits per heavy atom. The predicted molar refractivity (Wildman–Crippen MR) is 82.1 cm³/mol. The fourth-order valence-electron chi connectivity index (χ4n) is 2.20. The highest BCUT2D eigenvalue weighted by Gasteiger charge is 2.05. The highest BCUT2D eigenvalue weighted by Crippen LogP contribution is 2.29. The lowest BCUT2D eigenvalue weighted by atomic mass is 10.1. The van der Waals surface area contributed by atoms with Crippen LogP contribution in [0.5, 0.6) is 5.75 Å². The molecule has 0 aliphatic rings. The molecule has 3 rings (SSSR count). The number of aryl methyl sites for hydroxylation is 2. The van der Waals surface area contributed by atoms with E-state index in [2.05, 4.69) is 44.2 Å². The van der Waals surface area contributed by atoms with Crippen LogP contribution in [0.15, 0.2) is 48.5 Å². The van der Waals surface area contributed by atoms with E-state index in [1.807, 2.05) is 29.5 Å². The summed E-state index contributed by atoms with van der Waals surface area (Å²) in [6, 6.07) is 16.8. The summed E-state index contributed by atoms with van der Waals surface area (Å²) in [4.78, 5) is 1.27. The first-order chi connectivity index (χ1) is 9.24. The van der Waals surface area contributed by atoms with Crippen LogP contribution in [0.4, 0.5) is 0 Å². The fraction of sp³-hybridized carbons (Fsp3) is 0.176. The molecule has 0 unspecified atom stereocenters. The highest BCUT2D eigenvalue weighted by molar-refractivity contribution is 7.19. The molecule has 0 fully saturated rings. The Morgan fingerprint density at radius 3 is 2.53 bits per heavy atom. The second-order valence-corrected chi connectivity index (χ2v) is 5.92. The summed E-state index contributed by atoms with van der Waals surface area (Å²) in [6.07, 6.45) is 0. The van der Waals surface area contributed by atoms with Crippen LogP contribution in [0.1, 0.15) is 16.0 Å². The molecule has 2 heteroatoms. The molecule has 0 atom stereocenters. The van der Waals surface area contributed by atoms with Crippen molar-refractivity contribution in [3.8, 4) is 5.75 Å². The Morgan fingerprint density at radius 1 is 0.947 bits per heavy atom. The number of hydrogen-bond acceptors (Lipinski definition) is 2. The van der Waals surface area contributed by atoms with Crippen molar-refractivity contribution in [2.45, 2.75) is 20.5 Å². The molecular weight excluding hydrogens is 252 g/mol. The van der Waals surface area contributed by atoms with E-state index in [-0.39, 0.29) is 0 Å². The van der Waals surface area contributed by atoms with Crippen LogP contribution in [0, 0.1) is 13.8 Å². The molecular formula is C17H16OS. The smallest absolute Gasteiger partial charge is 0.122 e. The van der Waals surface area contributed by atoms with Gasteiger partial charge in [-0.3, -0.25) is 0 Å². The number of para-hydroxylation sites is 1. The lowest BCUT2D eigenvalue weighted by Crippen LogP contribution is -1.94. The molecule has 0 N–H and O–H groups in total. The molecule has 0 spiro atoms. The van der Waals surface area contributed by atoms with Gasteiger partial charge in [-0.05, 0) is 48.6 Å². The van der Waals surface area contributed by atoms with E-state index >= 15 is 0 Å². The minimum absolute atomic E-state index is 0.643. The zero-order valence-corrected chi connectivity index (χ0v) is 12.0. The summed E-state index contributed by atoms with van der Waals surface area (Å²) in [7, 11) is 0. The van der Waals surface area contributed by atoms with Crippen LogP contribution in [0.25, 0.3) is 10.1 Å². The lowest BCUT2D eigenvalue weighted by Gasteiger charge is -2.06. The Hall–Kier alpha value is -1.80. The molecule has 0 amide bonds. The summed E-state index contributed by atoms with van der Waals surface area (Å²) in [5.41, 5.74) is 2.51. The van der Waals surface area contributed by atoms with Gasteiger partial charge in [-0.2, -0.15) is 0 Å². The fourth-order valence-corrected chi connectivity index (χ4v) is 3.25. The first kappa shape index (κ1) is 12.2. The SMILES string of the molecule is Cc1ccccc1OCc1cc2c(C)cccc2s1. The number of ether oxygens (including phenoxy) is 1. The third kappa shape index (κ3) is 2.49. The maximum atomic E-state index is 5.90. The van der Waals surface area contributed by atoms with Crippen molar-refractivity contribution < 1.29 is 4.74 Å². The third-order valence-electron chi connectivity index (χ3n) is 3.29. The Bertz CT molecular complexity index is 712. The molecule has 0 aliphatic heterocycles. The number of rotatable bonds is 3. The first-order valence-corrected chi connectivity index (χ1v) is 7.22. The van der Waals surface area contributed by atoms with Gasteiger partial charge in [0.15, 0.2) is 0 Å². The van der Waals surface area contributed by atoms with Crippen molar-refractivity contribution in [2.24, 2.45) is 0 Å². The molecule has 1 aromatic heterocycles. The van der Waals surface area contributed by atoms with E-state index in [4.69, 9.17) is 4.74 Å². The van der Waals surface area contributed by atoms with Gasteiger partial charge in [0.05, 0.1) is 0 Å². The predicted octanol–water partition coefficient (Wildman–Crippen LogP) is 5.10. The maximum absolute atomic E-state index is 5.90. The zero-order chi connectivity index (χ0) is 13.2. The summed E-state index contributed by atoms with van der Waals surface area (Å²) < 4.78 is 7.24. The molecule has 0 bridgehead atoms. The number of thiophene rings is 1. The van der Waals surface area contributed by atoms with E-state index in [9.17, 15) is 0 Å². The van der Waals surface area contributed by atoms with Crippen molar-refractivity contribution in [2.75, 3.05) is 0 Å². The summed E-state index contributed by atoms with van der Waals surface area (Å²) >= 11 is 1.81. The van der Waals surface area contributed by atoms with Gasteiger partial charge < -0.3 is 4.74 Å². The third-order valence-corrected chi connectivity index (χ3v) is 4.37. The lowest BCUT2D eigenvalue weighted by molar-refractivity contribution is 0.308. The van der Waals surface area contributed by atoms with E-state index in [1.165, 1.54) is 26.1 Å². The standard InChI is InChI=1S/C17H16OS/c1-12-7-5-9-17-15(12)10-14(19-17)11-18-16-8-4-3-6-13(16)2/h3-10H,11H2,1-2H3. The Kier molecular flexibility index (Phi) is 3.26. The highest BCUT2D eigenvalue weighted by atomic mass is 32.1. The van der Waals surface area contributed by atoms with E-state index in [0.29, 0.717) is 6.61 Å². The average molecular weight is 268 g/mol. The molecule has 2 aromatic carbocycles. The largest absolute Gasteiger partial charge is 0.488 e. The summed E-state index contributed by atoms with van der Waals surface area (Å²) in [5, 5.41) is 1.34. The Labute approximate surface area is 117 Å². The van der Waals surface area contributed by atoms with Crippen LogP contribution in [-0.4, -0.2) is 0 Å². The average Bonchev–Trinajstić information content (AvgIpc) is 2.82. The monoisotopic (exact) mass is 268 g/mol. The number of fused-ring (bicyclic) bond motifs is 1. The van der Waals surface area contributed by atoms with Crippen molar-refractivity contribution in [1.82, 2.24) is 0 Å².